The highest BCUT2D eigenvalue weighted by atomic mass is 32.2. The molecule has 0 spiro atoms. The van der Waals surface area contributed by atoms with Crippen molar-refractivity contribution in [3.8, 4) is 0 Å². The Balaban J connectivity index is 1.51. The van der Waals surface area contributed by atoms with E-state index in [0.717, 1.165) is 31.2 Å². The van der Waals surface area contributed by atoms with Crippen LogP contribution in [0, 0.1) is 6.92 Å². The first kappa shape index (κ1) is 28.0. The van der Waals surface area contributed by atoms with Crippen molar-refractivity contribution in [2.75, 3.05) is 31.2 Å². The van der Waals surface area contributed by atoms with Crippen molar-refractivity contribution in [1.29, 1.82) is 0 Å². The van der Waals surface area contributed by atoms with Gasteiger partial charge in [-0.25, -0.2) is 8.42 Å². The van der Waals surface area contributed by atoms with Crippen LogP contribution >= 0.6 is 0 Å². The zero-order valence-corrected chi connectivity index (χ0v) is 23.5. The third-order valence-electron chi connectivity index (χ3n) is 7.56. The molecule has 1 N–H and O–H groups in total. The molecule has 210 valence electrons. The molecule has 1 saturated heterocycles. The molecule has 0 aromatic heterocycles. The molecule has 9 heteroatoms. The number of benzene rings is 3. The molecule has 2 amide bonds. The van der Waals surface area contributed by atoms with Gasteiger partial charge >= 0.3 is 0 Å². The van der Waals surface area contributed by atoms with E-state index in [-0.39, 0.29) is 22.4 Å². The summed E-state index contributed by atoms with van der Waals surface area (Å²) in [6, 6.07) is 21.9. The van der Waals surface area contributed by atoms with Crippen LogP contribution in [0.3, 0.4) is 0 Å². The summed E-state index contributed by atoms with van der Waals surface area (Å²) >= 11 is 0. The van der Waals surface area contributed by atoms with Crippen molar-refractivity contribution < 1.29 is 22.7 Å². The molecule has 1 aliphatic heterocycles. The van der Waals surface area contributed by atoms with Crippen molar-refractivity contribution in [1.82, 2.24) is 9.62 Å². The summed E-state index contributed by atoms with van der Waals surface area (Å²) in [5.74, 6) is -0.631. The van der Waals surface area contributed by atoms with E-state index in [4.69, 9.17) is 4.74 Å². The predicted molar refractivity (Wildman–Crippen MR) is 154 cm³/mol. The molecular formula is C31H35N3O5S. The van der Waals surface area contributed by atoms with Gasteiger partial charge in [-0.15, -0.1) is 0 Å². The number of carbonyl (C=O) groups is 2. The number of aryl methyl sites for hydroxylation is 1. The van der Waals surface area contributed by atoms with Gasteiger partial charge in [-0.2, -0.15) is 4.31 Å². The first-order valence-electron chi connectivity index (χ1n) is 13.8. The van der Waals surface area contributed by atoms with Crippen molar-refractivity contribution >= 4 is 27.5 Å². The number of amides is 2. The first-order valence-corrected chi connectivity index (χ1v) is 15.2. The van der Waals surface area contributed by atoms with E-state index in [9.17, 15) is 18.0 Å². The van der Waals surface area contributed by atoms with Gasteiger partial charge in [0.2, 0.25) is 15.9 Å². The van der Waals surface area contributed by atoms with Crippen LogP contribution in [-0.2, 0) is 19.6 Å². The molecule has 1 saturated carbocycles. The van der Waals surface area contributed by atoms with Crippen LogP contribution in [-0.4, -0.2) is 56.9 Å². The molecule has 3 aromatic rings. The fourth-order valence-corrected chi connectivity index (χ4v) is 6.74. The molecule has 1 unspecified atom stereocenters. The standard InChI is InChI=1S/C31H35N3O5S/c1-23-11-13-24(14-12-23)29(30(35)32-26-7-5-6-8-26)34(27-9-3-2-4-10-27)31(36)25-15-17-28(18-16-25)40(37,38)33-19-21-39-22-20-33/h2-4,9-18,26,29H,5-8,19-22H2,1H3,(H,32,35). The molecule has 0 radical (unpaired) electrons. The smallest absolute Gasteiger partial charge is 0.259 e. The highest BCUT2D eigenvalue weighted by molar-refractivity contribution is 7.89. The van der Waals surface area contributed by atoms with E-state index in [1.807, 2.05) is 49.4 Å². The third-order valence-corrected chi connectivity index (χ3v) is 9.48. The maximum atomic E-state index is 14.2. The summed E-state index contributed by atoms with van der Waals surface area (Å²) in [5, 5.41) is 3.19. The topological polar surface area (TPSA) is 96.0 Å². The second kappa shape index (κ2) is 12.3. The molecule has 5 rings (SSSR count). The number of nitrogens with one attached hydrogen (secondary N) is 1. The normalized spacial score (nSPS) is 17.3. The molecule has 1 atom stereocenters. The Morgan fingerprint density at radius 1 is 0.900 bits per heavy atom. The molecular weight excluding hydrogens is 526 g/mol. The first-order chi connectivity index (χ1) is 19.3. The minimum Gasteiger partial charge on any atom is -0.379 e. The maximum absolute atomic E-state index is 14.2. The fourth-order valence-electron chi connectivity index (χ4n) is 5.33. The summed E-state index contributed by atoms with van der Waals surface area (Å²) in [4.78, 5) is 29.7. The number of morpholine rings is 1. The van der Waals surface area contributed by atoms with E-state index in [1.54, 1.807) is 12.1 Å². The SMILES string of the molecule is Cc1ccc(C(C(=O)NC2CCCC2)N(C(=O)c2ccc(S(=O)(=O)N3CCOCC3)cc2)c2ccccc2)cc1. The second-order valence-electron chi connectivity index (χ2n) is 10.4. The van der Waals surface area contributed by atoms with Gasteiger partial charge in [-0.05, 0) is 61.7 Å². The second-order valence-corrected chi connectivity index (χ2v) is 12.3. The number of nitrogens with zero attached hydrogens (tertiary/aromatic N) is 2. The Morgan fingerprint density at radius 2 is 1.52 bits per heavy atom. The Morgan fingerprint density at radius 3 is 2.15 bits per heavy atom. The summed E-state index contributed by atoms with van der Waals surface area (Å²) in [7, 11) is -3.70. The van der Waals surface area contributed by atoms with Crippen LogP contribution in [0.2, 0.25) is 0 Å². The van der Waals surface area contributed by atoms with Gasteiger partial charge in [0, 0.05) is 30.4 Å². The molecule has 2 aliphatic rings. The average molecular weight is 562 g/mol. The Labute approximate surface area is 236 Å². The predicted octanol–water partition coefficient (Wildman–Crippen LogP) is 4.46. The number of rotatable bonds is 8. The quantitative estimate of drug-likeness (QED) is 0.438. The maximum Gasteiger partial charge on any atom is 0.259 e. The zero-order chi connectivity index (χ0) is 28.1. The Hall–Kier alpha value is -3.53. The Bertz CT molecular complexity index is 1410. The lowest BCUT2D eigenvalue weighted by molar-refractivity contribution is -0.123. The fraction of sp³-hybridized carbons (Fsp3) is 0.355. The molecule has 1 aliphatic carbocycles. The van der Waals surface area contributed by atoms with Crippen molar-refractivity contribution in [2.24, 2.45) is 0 Å². The van der Waals surface area contributed by atoms with Crippen molar-refractivity contribution in [3.05, 3.63) is 95.6 Å². The number of hydrogen-bond donors (Lipinski definition) is 1. The zero-order valence-electron chi connectivity index (χ0n) is 22.7. The number of sulfonamides is 1. The minimum absolute atomic E-state index is 0.0813. The van der Waals surface area contributed by atoms with Crippen LogP contribution in [0.4, 0.5) is 5.69 Å². The van der Waals surface area contributed by atoms with Crippen LogP contribution in [0.5, 0.6) is 0 Å². The van der Waals surface area contributed by atoms with Crippen molar-refractivity contribution in [3.63, 3.8) is 0 Å². The highest BCUT2D eigenvalue weighted by Crippen LogP contribution is 2.31. The van der Waals surface area contributed by atoms with Gasteiger partial charge in [0.1, 0.15) is 6.04 Å². The van der Waals surface area contributed by atoms with Gasteiger partial charge < -0.3 is 10.1 Å². The van der Waals surface area contributed by atoms with E-state index in [2.05, 4.69) is 5.32 Å². The minimum atomic E-state index is -3.70. The molecule has 2 fully saturated rings. The number of anilines is 1. The highest BCUT2D eigenvalue weighted by Gasteiger charge is 2.35. The molecule has 8 nitrogen and oxygen atoms in total. The number of hydrogen-bond acceptors (Lipinski definition) is 5. The van der Waals surface area contributed by atoms with Crippen LogP contribution in [0.1, 0.15) is 53.2 Å². The van der Waals surface area contributed by atoms with E-state index in [1.165, 1.54) is 33.5 Å². The summed E-state index contributed by atoms with van der Waals surface area (Å²) < 4.78 is 32.9. The van der Waals surface area contributed by atoms with E-state index >= 15 is 0 Å². The van der Waals surface area contributed by atoms with Gasteiger partial charge in [0.05, 0.1) is 18.1 Å². The number of carbonyl (C=O) groups excluding carboxylic acids is 2. The van der Waals surface area contributed by atoms with Gasteiger partial charge in [-0.3, -0.25) is 14.5 Å². The number of para-hydroxylation sites is 1. The average Bonchev–Trinajstić information content (AvgIpc) is 3.50. The van der Waals surface area contributed by atoms with E-state index in [0.29, 0.717) is 37.6 Å². The monoisotopic (exact) mass is 561 g/mol. The lowest BCUT2D eigenvalue weighted by atomic mass is 10.00. The van der Waals surface area contributed by atoms with Gasteiger partial charge in [0.25, 0.3) is 5.91 Å². The lowest BCUT2D eigenvalue weighted by Crippen LogP contribution is -2.46. The summed E-state index contributed by atoms with van der Waals surface area (Å²) in [6.07, 6.45) is 3.98. The lowest BCUT2D eigenvalue weighted by Gasteiger charge is -2.32. The van der Waals surface area contributed by atoms with E-state index < -0.39 is 22.0 Å². The van der Waals surface area contributed by atoms with Crippen LogP contribution < -0.4 is 10.2 Å². The molecule has 1 heterocycles. The summed E-state index contributed by atoms with van der Waals surface area (Å²) in [5.41, 5.74) is 2.61. The largest absolute Gasteiger partial charge is 0.379 e. The van der Waals surface area contributed by atoms with Gasteiger partial charge in [-0.1, -0.05) is 60.9 Å². The Kier molecular flexibility index (Phi) is 8.63. The molecule has 0 bridgehead atoms. The third kappa shape index (κ3) is 6.11. The van der Waals surface area contributed by atoms with Crippen molar-refractivity contribution in [2.45, 2.75) is 49.6 Å². The number of ether oxygens (including phenoxy) is 1. The molecule has 40 heavy (non-hydrogen) atoms. The van der Waals surface area contributed by atoms with Gasteiger partial charge in [0.15, 0.2) is 0 Å². The molecule has 3 aromatic carbocycles. The van der Waals surface area contributed by atoms with Crippen LogP contribution in [0.25, 0.3) is 0 Å². The van der Waals surface area contributed by atoms with Crippen LogP contribution in [0.15, 0.2) is 83.8 Å². The summed E-state index contributed by atoms with van der Waals surface area (Å²) in [6.45, 7) is 3.26.